The summed E-state index contributed by atoms with van der Waals surface area (Å²) in [6, 6.07) is 0. The van der Waals surface area contributed by atoms with Gasteiger partial charge in [0, 0.05) is 5.92 Å². The summed E-state index contributed by atoms with van der Waals surface area (Å²) in [5, 5.41) is 9.31. The van der Waals surface area contributed by atoms with E-state index in [0.29, 0.717) is 5.69 Å². The van der Waals surface area contributed by atoms with Crippen molar-refractivity contribution in [2.45, 2.75) is 19.8 Å². The van der Waals surface area contributed by atoms with Crippen LogP contribution in [0.5, 0.6) is 11.8 Å². The SMILES string of the molecule is CC(C)c1ncc(OCF)nc1O. The molecule has 5 heteroatoms. The van der Waals surface area contributed by atoms with Crippen LogP contribution in [-0.2, 0) is 0 Å². The topological polar surface area (TPSA) is 55.2 Å². The predicted octanol–water partition coefficient (Wildman–Crippen LogP) is 1.61. The highest BCUT2D eigenvalue weighted by molar-refractivity contribution is 5.23. The Balaban J connectivity index is 2.92. The zero-order valence-corrected chi connectivity index (χ0v) is 7.49. The summed E-state index contributed by atoms with van der Waals surface area (Å²) in [5.74, 6) is -0.141. The number of nitrogens with zero attached hydrogens (tertiary/aromatic N) is 2. The van der Waals surface area contributed by atoms with E-state index in [1.165, 1.54) is 6.20 Å². The molecule has 1 heterocycles. The van der Waals surface area contributed by atoms with E-state index in [-0.39, 0.29) is 17.7 Å². The van der Waals surface area contributed by atoms with Crippen LogP contribution in [0.4, 0.5) is 4.39 Å². The summed E-state index contributed by atoms with van der Waals surface area (Å²) in [4.78, 5) is 7.51. The quantitative estimate of drug-likeness (QED) is 0.779. The van der Waals surface area contributed by atoms with E-state index in [1.54, 1.807) is 0 Å². The molecule has 0 spiro atoms. The van der Waals surface area contributed by atoms with Crippen molar-refractivity contribution < 1.29 is 14.2 Å². The minimum absolute atomic E-state index is 0.00981. The molecule has 1 aromatic rings. The number of alkyl halides is 1. The maximum atomic E-state index is 11.7. The summed E-state index contributed by atoms with van der Waals surface area (Å²) < 4.78 is 16.1. The Kier molecular flexibility index (Phi) is 3.00. The highest BCUT2D eigenvalue weighted by Crippen LogP contribution is 2.22. The molecule has 0 saturated heterocycles. The molecule has 0 aliphatic carbocycles. The summed E-state index contributed by atoms with van der Waals surface area (Å²) in [7, 11) is 0. The van der Waals surface area contributed by atoms with E-state index >= 15 is 0 Å². The fourth-order valence-corrected chi connectivity index (χ4v) is 0.906. The van der Waals surface area contributed by atoms with Gasteiger partial charge in [0.15, 0.2) is 0 Å². The third-order valence-electron chi connectivity index (χ3n) is 1.51. The predicted molar refractivity (Wildman–Crippen MR) is 44.4 cm³/mol. The Labute approximate surface area is 75.4 Å². The minimum atomic E-state index is -0.977. The molecule has 4 nitrogen and oxygen atoms in total. The van der Waals surface area contributed by atoms with Crippen molar-refractivity contribution >= 4 is 0 Å². The molecule has 0 aliphatic heterocycles. The van der Waals surface area contributed by atoms with Gasteiger partial charge in [-0.15, -0.1) is 0 Å². The number of hydrogen-bond acceptors (Lipinski definition) is 4. The summed E-state index contributed by atoms with van der Waals surface area (Å²) in [6.07, 6.45) is 1.29. The first-order valence-electron chi connectivity index (χ1n) is 3.89. The summed E-state index contributed by atoms with van der Waals surface area (Å²) >= 11 is 0. The lowest BCUT2D eigenvalue weighted by Crippen LogP contribution is -1.99. The van der Waals surface area contributed by atoms with Crippen LogP contribution in [0.25, 0.3) is 0 Å². The normalized spacial score (nSPS) is 10.5. The fraction of sp³-hybridized carbons (Fsp3) is 0.500. The lowest BCUT2D eigenvalue weighted by Gasteiger charge is -2.06. The van der Waals surface area contributed by atoms with Gasteiger partial charge in [0.05, 0.1) is 6.20 Å². The third kappa shape index (κ3) is 2.27. The Hall–Kier alpha value is -1.39. The Morgan fingerprint density at radius 3 is 2.77 bits per heavy atom. The second-order valence-electron chi connectivity index (χ2n) is 2.83. The molecule has 0 saturated carbocycles. The van der Waals surface area contributed by atoms with Crippen molar-refractivity contribution in [3.05, 3.63) is 11.9 Å². The number of ether oxygens (including phenoxy) is 1. The maximum absolute atomic E-state index is 11.7. The van der Waals surface area contributed by atoms with E-state index in [1.807, 2.05) is 13.8 Å². The van der Waals surface area contributed by atoms with Crippen molar-refractivity contribution in [1.29, 1.82) is 0 Å². The minimum Gasteiger partial charge on any atom is -0.492 e. The van der Waals surface area contributed by atoms with Gasteiger partial charge >= 0.3 is 0 Å². The van der Waals surface area contributed by atoms with Gasteiger partial charge in [0.25, 0.3) is 0 Å². The van der Waals surface area contributed by atoms with Crippen LogP contribution < -0.4 is 4.74 Å². The summed E-state index contributed by atoms with van der Waals surface area (Å²) in [6.45, 7) is 2.77. The molecular weight excluding hydrogens is 175 g/mol. The van der Waals surface area contributed by atoms with Crippen molar-refractivity contribution in [2.75, 3.05) is 6.86 Å². The maximum Gasteiger partial charge on any atom is 0.237 e. The van der Waals surface area contributed by atoms with Crippen LogP contribution in [0, 0.1) is 0 Å². The largest absolute Gasteiger partial charge is 0.492 e. The van der Waals surface area contributed by atoms with E-state index in [0.717, 1.165) is 0 Å². The van der Waals surface area contributed by atoms with Crippen molar-refractivity contribution in [1.82, 2.24) is 9.97 Å². The Morgan fingerprint density at radius 1 is 1.62 bits per heavy atom. The lowest BCUT2D eigenvalue weighted by atomic mass is 10.1. The lowest BCUT2D eigenvalue weighted by molar-refractivity contribution is 0.182. The van der Waals surface area contributed by atoms with E-state index in [4.69, 9.17) is 0 Å². The number of halogens is 1. The van der Waals surface area contributed by atoms with Gasteiger partial charge in [-0.1, -0.05) is 13.8 Å². The molecule has 1 rings (SSSR count). The number of hydrogen-bond donors (Lipinski definition) is 1. The van der Waals surface area contributed by atoms with Gasteiger partial charge in [-0.2, -0.15) is 4.98 Å². The molecule has 0 aliphatic rings. The first kappa shape index (κ1) is 9.70. The smallest absolute Gasteiger partial charge is 0.237 e. The van der Waals surface area contributed by atoms with Gasteiger partial charge in [0.2, 0.25) is 18.6 Å². The second-order valence-corrected chi connectivity index (χ2v) is 2.83. The van der Waals surface area contributed by atoms with Crippen molar-refractivity contribution in [3.63, 3.8) is 0 Å². The van der Waals surface area contributed by atoms with Crippen molar-refractivity contribution in [2.24, 2.45) is 0 Å². The van der Waals surface area contributed by atoms with Crippen LogP contribution in [0.1, 0.15) is 25.5 Å². The Morgan fingerprint density at radius 2 is 2.31 bits per heavy atom. The zero-order chi connectivity index (χ0) is 9.84. The first-order chi connectivity index (χ1) is 6.15. The third-order valence-corrected chi connectivity index (χ3v) is 1.51. The monoisotopic (exact) mass is 186 g/mol. The highest BCUT2D eigenvalue weighted by Gasteiger charge is 2.10. The molecule has 0 atom stereocenters. The van der Waals surface area contributed by atoms with Gasteiger partial charge < -0.3 is 9.84 Å². The number of aromatic nitrogens is 2. The molecule has 13 heavy (non-hydrogen) atoms. The average molecular weight is 186 g/mol. The van der Waals surface area contributed by atoms with Crippen molar-refractivity contribution in [3.8, 4) is 11.8 Å². The van der Waals surface area contributed by atoms with Gasteiger partial charge in [0.1, 0.15) is 5.69 Å². The molecular formula is C8H11FN2O2. The molecule has 0 bridgehead atoms. The van der Waals surface area contributed by atoms with Crippen LogP contribution in [0.3, 0.4) is 0 Å². The molecule has 0 fully saturated rings. The van der Waals surface area contributed by atoms with E-state index in [2.05, 4.69) is 14.7 Å². The van der Waals surface area contributed by atoms with Crippen LogP contribution >= 0.6 is 0 Å². The summed E-state index contributed by atoms with van der Waals surface area (Å²) in [5.41, 5.74) is 0.478. The second kappa shape index (κ2) is 4.02. The molecule has 1 aromatic heterocycles. The fourth-order valence-electron chi connectivity index (χ4n) is 0.906. The number of aromatic hydroxyl groups is 1. The van der Waals surface area contributed by atoms with E-state index < -0.39 is 6.86 Å². The molecule has 0 aromatic carbocycles. The van der Waals surface area contributed by atoms with Gasteiger partial charge in [-0.05, 0) is 0 Å². The van der Waals surface area contributed by atoms with Gasteiger partial charge in [-0.3, -0.25) is 0 Å². The number of rotatable bonds is 3. The Bertz CT molecular complexity index is 291. The molecule has 0 amide bonds. The molecule has 72 valence electrons. The van der Waals surface area contributed by atoms with Crippen LogP contribution in [0.15, 0.2) is 6.20 Å². The standard InChI is InChI=1S/C8H11FN2O2/c1-5(2)7-8(12)11-6(3-10-7)13-4-9/h3,5H,4H2,1-2H3,(H,11,12). The average Bonchev–Trinajstić information content (AvgIpc) is 2.04. The van der Waals surface area contributed by atoms with E-state index in [9.17, 15) is 9.50 Å². The molecule has 0 unspecified atom stereocenters. The van der Waals surface area contributed by atoms with Crippen LogP contribution in [-0.4, -0.2) is 21.9 Å². The zero-order valence-electron chi connectivity index (χ0n) is 7.49. The molecule has 1 N–H and O–H groups in total. The van der Waals surface area contributed by atoms with Crippen LogP contribution in [0.2, 0.25) is 0 Å². The molecule has 0 radical (unpaired) electrons. The first-order valence-corrected chi connectivity index (χ1v) is 3.89. The van der Waals surface area contributed by atoms with Gasteiger partial charge in [-0.25, -0.2) is 9.37 Å². The highest BCUT2D eigenvalue weighted by atomic mass is 19.1.